The second-order valence-corrected chi connectivity index (χ2v) is 5.77. The zero-order chi connectivity index (χ0) is 10.9. The maximum atomic E-state index is 9.05. The van der Waals surface area contributed by atoms with Crippen molar-refractivity contribution in [2.45, 2.75) is 45.2 Å². The van der Waals surface area contributed by atoms with Crippen molar-refractivity contribution in [1.82, 2.24) is 10.2 Å². The normalized spacial score (nSPS) is 27.5. The number of nitriles is 1. The fourth-order valence-corrected chi connectivity index (χ4v) is 2.30. The topological polar surface area (TPSA) is 39.1 Å². The smallest absolute Gasteiger partial charge is 0.108 e. The summed E-state index contributed by atoms with van der Waals surface area (Å²) in [7, 11) is 0. The number of hydrogen-bond acceptors (Lipinski definition) is 3. The lowest BCUT2D eigenvalue weighted by atomic mass is 9.93. The van der Waals surface area contributed by atoms with Crippen LogP contribution in [0, 0.1) is 16.7 Å². The Morgan fingerprint density at radius 3 is 2.73 bits per heavy atom. The van der Waals surface area contributed by atoms with E-state index >= 15 is 0 Å². The van der Waals surface area contributed by atoms with E-state index in [2.05, 4.69) is 30.1 Å². The fourth-order valence-electron chi connectivity index (χ4n) is 2.30. The molecule has 1 aliphatic carbocycles. The van der Waals surface area contributed by atoms with Gasteiger partial charge < -0.3 is 4.90 Å². The average molecular weight is 207 g/mol. The highest BCUT2D eigenvalue weighted by Gasteiger charge is 2.31. The van der Waals surface area contributed by atoms with Crippen molar-refractivity contribution < 1.29 is 0 Å². The lowest BCUT2D eigenvalue weighted by Gasteiger charge is -2.22. The van der Waals surface area contributed by atoms with Crippen LogP contribution in [0.3, 0.4) is 0 Å². The first-order valence-electron chi connectivity index (χ1n) is 5.97. The Kier molecular flexibility index (Phi) is 2.99. The van der Waals surface area contributed by atoms with Crippen molar-refractivity contribution in [2.24, 2.45) is 5.41 Å². The Hall–Kier alpha value is -0.590. The van der Waals surface area contributed by atoms with E-state index in [0.717, 1.165) is 19.6 Å². The fraction of sp³-hybridized carbons (Fsp3) is 0.917. The van der Waals surface area contributed by atoms with Gasteiger partial charge in [0.15, 0.2) is 0 Å². The third-order valence-corrected chi connectivity index (χ3v) is 3.37. The molecule has 1 aliphatic heterocycles. The van der Waals surface area contributed by atoms with Crippen molar-refractivity contribution in [3.8, 4) is 6.07 Å². The number of nitrogens with one attached hydrogen (secondary N) is 1. The number of nitrogens with zero attached hydrogens (tertiary/aromatic N) is 2. The van der Waals surface area contributed by atoms with Crippen molar-refractivity contribution in [1.29, 1.82) is 5.26 Å². The molecule has 0 aromatic carbocycles. The Labute approximate surface area is 92.4 Å². The summed E-state index contributed by atoms with van der Waals surface area (Å²) in [5, 5.41) is 12.4. The summed E-state index contributed by atoms with van der Waals surface area (Å²) in [6.07, 6.45) is 3.77. The van der Waals surface area contributed by atoms with Crippen LogP contribution < -0.4 is 5.32 Å². The monoisotopic (exact) mass is 207 g/mol. The van der Waals surface area contributed by atoms with Gasteiger partial charge in [-0.25, -0.2) is 0 Å². The van der Waals surface area contributed by atoms with E-state index < -0.39 is 0 Å². The molecule has 0 bridgehead atoms. The lowest BCUT2D eigenvalue weighted by Crippen LogP contribution is -2.40. The standard InChI is InChI=1S/C12H21N3/c1-12(2)5-6-15(9-12)8-11(7-13)14-10-3-4-10/h10-11,14H,3-6,8-9H2,1-2H3. The SMILES string of the molecule is CC1(C)CCN(CC(C#N)NC2CC2)C1. The first kappa shape index (κ1) is 10.9. The van der Waals surface area contributed by atoms with Crippen LogP contribution in [0.15, 0.2) is 0 Å². The number of hydrogen-bond donors (Lipinski definition) is 1. The predicted molar refractivity (Wildman–Crippen MR) is 60.4 cm³/mol. The molecule has 1 saturated heterocycles. The zero-order valence-corrected chi connectivity index (χ0v) is 9.79. The van der Waals surface area contributed by atoms with Crippen LogP contribution in [0.25, 0.3) is 0 Å². The summed E-state index contributed by atoms with van der Waals surface area (Å²) in [5.41, 5.74) is 0.444. The quantitative estimate of drug-likeness (QED) is 0.756. The minimum absolute atomic E-state index is 0.0337. The van der Waals surface area contributed by atoms with Crippen molar-refractivity contribution in [3.05, 3.63) is 0 Å². The summed E-state index contributed by atoms with van der Waals surface area (Å²) in [6.45, 7) is 7.80. The Morgan fingerprint density at radius 2 is 2.27 bits per heavy atom. The van der Waals surface area contributed by atoms with Gasteiger partial charge in [0, 0.05) is 19.1 Å². The van der Waals surface area contributed by atoms with Crippen molar-refractivity contribution >= 4 is 0 Å². The van der Waals surface area contributed by atoms with Crippen LogP contribution >= 0.6 is 0 Å². The van der Waals surface area contributed by atoms with Crippen molar-refractivity contribution in [2.75, 3.05) is 19.6 Å². The van der Waals surface area contributed by atoms with Crippen LogP contribution in [0.1, 0.15) is 33.1 Å². The first-order chi connectivity index (χ1) is 7.09. The molecule has 2 rings (SSSR count). The maximum Gasteiger partial charge on any atom is 0.108 e. The molecular formula is C12H21N3. The third-order valence-electron chi connectivity index (χ3n) is 3.37. The minimum Gasteiger partial charge on any atom is -0.300 e. The molecule has 3 nitrogen and oxygen atoms in total. The molecule has 1 atom stereocenters. The average Bonchev–Trinajstić information content (AvgIpc) is 2.91. The summed E-state index contributed by atoms with van der Waals surface area (Å²) in [5.74, 6) is 0. The van der Waals surface area contributed by atoms with Gasteiger partial charge in [0.1, 0.15) is 6.04 Å². The summed E-state index contributed by atoms with van der Waals surface area (Å²) in [4.78, 5) is 2.42. The minimum atomic E-state index is 0.0337. The van der Waals surface area contributed by atoms with Gasteiger partial charge in [0.2, 0.25) is 0 Å². The van der Waals surface area contributed by atoms with E-state index in [1.807, 2.05) is 0 Å². The Morgan fingerprint density at radius 1 is 1.53 bits per heavy atom. The molecule has 0 aromatic rings. The highest BCUT2D eigenvalue weighted by Crippen LogP contribution is 2.28. The molecule has 1 heterocycles. The molecule has 1 saturated carbocycles. The lowest BCUT2D eigenvalue weighted by molar-refractivity contribution is 0.275. The second-order valence-electron chi connectivity index (χ2n) is 5.77. The van der Waals surface area contributed by atoms with E-state index in [0.29, 0.717) is 11.5 Å². The van der Waals surface area contributed by atoms with Gasteiger partial charge in [-0.3, -0.25) is 5.32 Å². The van der Waals surface area contributed by atoms with Crippen LogP contribution in [0.5, 0.6) is 0 Å². The summed E-state index contributed by atoms with van der Waals surface area (Å²) >= 11 is 0. The van der Waals surface area contributed by atoms with Gasteiger partial charge in [-0.1, -0.05) is 13.8 Å². The third kappa shape index (κ3) is 3.19. The van der Waals surface area contributed by atoms with Crippen LogP contribution in [0.2, 0.25) is 0 Å². The molecular weight excluding hydrogens is 186 g/mol. The van der Waals surface area contributed by atoms with Crippen LogP contribution in [-0.4, -0.2) is 36.6 Å². The molecule has 84 valence electrons. The Bertz CT molecular complexity index is 263. The first-order valence-corrected chi connectivity index (χ1v) is 5.97. The largest absolute Gasteiger partial charge is 0.300 e. The van der Waals surface area contributed by atoms with E-state index in [-0.39, 0.29) is 6.04 Å². The van der Waals surface area contributed by atoms with Gasteiger partial charge in [0.25, 0.3) is 0 Å². The molecule has 3 heteroatoms. The molecule has 1 unspecified atom stereocenters. The van der Waals surface area contributed by atoms with E-state index in [9.17, 15) is 0 Å². The van der Waals surface area contributed by atoms with Crippen molar-refractivity contribution in [3.63, 3.8) is 0 Å². The van der Waals surface area contributed by atoms with Gasteiger partial charge in [-0.05, 0) is 31.2 Å². The maximum absolute atomic E-state index is 9.05. The van der Waals surface area contributed by atoms with Gasteiger partial charge in [-0.2, -0.15) is 5.26 Å². The molecule has 1 N–H and O–H groups in total. The molecule has 15 heavy (non-hydrogen) atoms. The Balaban J connectivity index is 1.77. The van der Waals surface area contributed by atoms with E-state index in [1.54, 1.807) is 0 Å². The van der Waals surface area contributed by atoms with E-state index in [1.165, 1.54) is 19.3 Å². The second kappa shape index (κ2) is 4.11. The summed E-state index contributed by atoms with van der Waals surface area (Å²) < 4.78 is 0. The molecule has 0 radical (unpaired) electrons. The molecule has 2 aliphatic rings. The molecule has 2 fully saturated rings. The summed E-state index contributed by atoms with van der Waals surface area (Å²) in [6, 6.07) is 3.04. The zero-order valence-electron chi connectivity index (χ0n) is 9.79. The van der Waals surface area contributed by atoms with Gasteiger partial charge in [0.05, 0.1) is 6.07 Å². The number of likely N-dealkylation sites (tertiary alicyclic amines) is 1. The molecule has 0 spiro atoms. The van der Waals surface area contributed by atoms with Gasteiger partial charge >= 0.3 is 0 Å². The molecule has 0 aromatic heterocycles. The van der Waals surface area contributed by atoms with Crippen LogP contribution in [-0.2, 0) is 0 Å². The van der Waals surface area contributed by atoms with E-state index in [4.69, 9.17) is 5.26 Å². The highest BCUT2D eigenvalue weighted by atomic mass is 15.2. The highest BCUT2D eigenvalue weighted by molar-refractivity contribution is 4.98. The predicted octanol–water partition coefficient (Wildman–Crippen LogP) is 1.36. The molecule has 0 amide bonds. The van der Waals surface area contributed by atoms with Crippen LogP contribution in [0.4, 0.5) is 0 Å². The number of rotatable bonds is 4. The van der Waals surface area contributed by atoms with Gasteiger partial charge in [-0.15, -0.1) is 0 Å².